The number of halogens is 1. The van der Waals surface area contributed by atoms with Gasteiger partial charge in [0.2, 0.25) is 0 Å². The molecule has 0 radical (unpaired) electrons. The van der Waals surface area contributed by atoms with E-state index in [9.17, 15) is 9.59 Å². The van der Waals surface area contributed by atoms with Crippen LogP contribution in [0.2, 0.25) is 0 Å². The summed E-state index contributed by atoms with van der Waals surface area (Å²) in [5.74, 6) is 2.57. The largest absolute Gasteiger partial charge is 0.469 e. The number of rotatable bonds is 4. The number of hydrogen-bond acceptors (Lipinski definition) is 4. The van der Waals surface area contributed by atoms with Crippen LogP contribution in [0.25, 0.3) is 0 Å². The first-order chi connectivity index (χ1) is 14.2. The zero-order chi connectivity index (χ0) is 21.5. The molecule has 6 aliphatic rings. The third kappa shape index (κ3) is 2.48. The van der Waals surface area contributed by atoms with Crippen LogP contribution in [0.1, 0.15) is 78.6 Å². The Kier molecular flexibility index (Phi) is 5.03. The summed E-state index contributed by atoms with van der Waals surface area (Å²) in [4.78, 5) is 25.8. The Balaban J connectivity index is 1.49. The highest BCUT2D eigenvalue weighted by atomic mass is 79.9. The highest BCUT2D eigenvalue weighted by molar-refractivity contribution is 9.10. The normalized spacial score (nSPS) is 52.5. The van der Waals surface area contributed by atoms with Gasteiger partial charge >= 0.3 is 5.97 Å². The molecule has 6 fully saturated rings. The predicted molar refractivity (Wildman–Crippen MR) is 118 cm³/mol. The molecule has 4 saturated carbocycles. The molecule has 0 unspecified atom stereocenters. The summed E-state index contributed by atoms with van der Waals surface area (Å²) in [6, 6.07) is 0. The van der Waals surface area contributed by atoms with E-state index in [2.05, 4.69) is 36.7 Å². The molecule has 0 amide bonds. The number of fused-ring (bicyclic) bond motifs is 3. The van der Waals surface area contributed by atoms with Crippen molar-refractivity contribution in [2.45, 2.75) is 95.1 Å². The Morgan fingerprint density at radius 2 is 1.93 bits per heavy atom. The second-order valence-electron chi connectivity index (χ2n) is 11.5. The van der Waals surface area contributed by atoms with E-state index in [1.807, 2.05) is 0 Å². The van der Waals surface area contributed by atoms with E-state index in [0.29, 0.717) is 41.8 Å². The Morgan fingerprint density at radius 3 is 2.67 bits per heavy atom. The van der Waals surface area contributed by atoms with Crippen molar-refractivity contribution in [3.63, 3.8) is 0 Å². The van der Waals surface area contributed by atoms with Crippen molar-refractivity contribution in [3.05, 3.63) is 0 Å². The number of carbonyl (C=O) groups excluding carboxylic acids is 2. The van der Waals surface area contributed by atoms with Crippen molar-refractivity contribution in [3.8, 4) is 0 Å². The molecule has 168 valence electrons. The lowest BCUT2D eigenvalue weighted by molar-refractivity contribution is -0.306. The van der Waals surface area contributed by atoms with E-state index >= 15 is 0 Å². The minimum atomic E-state index is -0.570. The molecular formula is C25H37BrO4. The third-order valence-electron chi connectivity index (χ3n) is 10.7. The summed E-state index contributed by atoms with van der Waals surface area (Å²) in [5.41, 5.74) is -0.630. The number of ether oxygens (including phenoxy) is 2. The van der Waals surface area contributed by atoms with Crippen LogP contribution in [-0.2, 0) is 19.1 Å². The molecule has 0 N–H and O–H groups in total. The van der Waals surface area contributed by atoms with Gasteiger partial charge in [-0.25, -0.2) is 0 Å². The number of esters is 1. The number of ketones is 1. The van der Waals surface area contributed by atoms with Crippen LogP contribution in [0.15, 0.2) is 0 Å². The average molecular weight is 481 g/mol. The van der Waals surface area contributed by atoms with Gasteiger partial charge in [-0.2, -0.15) is 0 Å². The van der Waals surface area contributed by atoms with Gasteiger partial charge in [0.1, 0.15) is 5.60 Å². The van der Waals surface area contributed by atoms with Crippen molar-refractivity contribution >= 4 is 27.7 Å². The number of hydrogen-bond donors (Lipinski definition) is 0. The minimum Gasteiger partial charge on any atom is -0.469 e. The van der Waals surface area contributed by atoms with Crippen LogP contribution in [0, 0.1) is 40.4 Å². The van der Waals surface area contributed by atoms with E-state index in [1.165, 1.54) is 20.0 Å². The third-order valence-corrected chi connectivity index (χ3v) is 12.1. The molecule has 0 aromatic heterocycles. The van der Waals surface area contributed by atoms with Gasteiger partial charge in [-0.3, -0.25) is 9.59 Å². The fourth-order valence-corrected chi connectivity index (χ4v) is 10.2. The first kappa shape index (κ1) is 21.4. The van der Waals surface area contributed by atoms with Crippen molar-refractivity contribution in [2.24, 2.45) is 40.4 Å². The monoisotopic (exact) mass is 480 g/mol. The lowest BCUT2D eigenvalue weighted by atomic mass is 9.40. The van der Waals surface area contributed by atoms with Gasteiger partial charge in [0.05, 0.1) is 18.0 Å². The number of Topliss-reactive ketones (excluding diaryl/α,β-unsaturated/α-hetero) is 1. The minimum absolute atomic E-state index is 0.00366. The molecule has 2 heterocycles. The molecule has 6 rings (SSSR count). The van der Waals surface area contributed by atoms with Gasteiger partial charge < -0.3 is 9.47 Å². The predicted octanol–water partition coefficient (Wildman–Crippen LogP) is 5.31. The molecule has 0 aromatic carbocycles. The summed E-state index contributed by atoms with van der Waals surface area (Å²) in [6.07, 6.45) is 9.73. The second-order valence-corrected chi connectivity index (χ2v) is 12.4. The van der Waals surface area contributed by atoms with Crippen molar-refractivity contribution < 1.29 is 19.1 Å². The molecule has 5 heteroatoms. The first-order valence-corrected chi connectivity index (χ1v) is 13.0. The standard InChI is InChI=1S/C25H37BrO4/c1-14(5-10-20(27)29-4)17-8-9-18-19-7-6-15-13-16-11-12-23(15,2)25(19,30-16)22(28)21(26)24(17,18)3/h14-19,21H,5-13H2,1-4H3/t14-,15-,16-,17+,18+,19+,21+,23+,24-,25+/m1/s1. The van der Waals surface area contributed by atoms with Crippen LogP contribution in [0.3, 0.4) is 0 Å². The molecule has 4 aliphatic carbocycles. The van der Waals surface area contributed by atoms with Gasteiger partial charge in [0.15, 0.2) is 5.78 Å². The summed E-state index contributed by atoms with van der Waals surface area (Å²) >= 11 is 3.98. The topological polar surface area (TPSA) is 52.6 Å². The Labute approximate surface area is 189 Å². The lowest BCUT2D eigenvalue weighted by Gasteiger charge is -2.71. The van der Waals surface area contributed by atoms with Gasteiger partial charge in [-0.05, 0) is 86.4 Å². The van der Waals surface area contributed by atoms with E-state index in [4.69, 9.17) is 9.47 Å². The van der Waals surface area contributed by atoms with Crippen LogP contribution in [0.4, 0.5) is 0 Å². The smallest absolute Gasteiger partial charge is 0.305 e. The van der Waals surface area contributed by atoms with Gasteiger partial charge in [0, 0.05) is 11.8 Å². The van der Waals surface area contributed by atoms with Crippen molar-refractivity contribution in [1.29, 1.82) is 0 Å². The van der Waals surface area contributed by atoms with Crippen LogP contribution in [0.5, 0.6) is 0 Å². The lowest BCUT2D eigenvalue weighted by Crippen LogP contribution is -2.77. The van der Waals surface area contributed by atoms with Crippen molar-refractivity contribution in [2.75, 3.05) is 7.11 Å². The van der Waals surface area contributed by atoms with E-state index in [0.717, 1.165) is 38.5 Å². The molecular weight excluding hydrogens is 444 g/mol. The molecule has 0 aromatic rings. The quantitative estimate of drug-likeness (QED) is 0.404. The molecule has 4 bridgehead atoms. The molecule has 1 spiro atoms. The number of carbonyl (C=O) groups is 2. The highest BCUT2D eigenvalue weighted by Crippen LogP contribution is 2.73. The van der Waals surface area contributed by atoms with E-state index in [-0.39, 0.29) is 27.7 Å². The number of methoxy groups -OCH3 is 1. The summed E-state index contributed by atoms with van der Waals surface area (Å²) in [6.45, 7) is 7.02. The van der Waals surface area contributed by atoms with Crippen LogP contribution < -0.4 is 0 Å². The van der Waals surface area contributed by atoms with Crippen molar-refractivity contribution in [1.82, 2.24) is 0 Å². The summed E-state index contributed by atoms with van der Waals surface area (Å²) in [5, 5.41) is 0. The van der Waals surface area contributed by atoms with Gasteiger partial charge in [-0.1, -0.05) is 36.7 Å². The first-order valence-electron chi connectivity index (χ1n) is 12.1. The SMILES string of the molecule is COC(=O)CC[C@@H](C)[C@@H]1CC[C@H]2[C@@H]3CC[C@@H]4C[C@H]5CC[C@]4(C)[C@@]3(O5)C(=O)[C@H](Br)[C@]12C. The van der Waals surface area contributed by atoms with Gasteiger partial charge in [-0.15, -0.1) is 0 Å². The fourth-order valence-electron chi connectivity index (χ4n) is 9.18. The molecule has 2 saturated heterocycles. The van der Waals surface area contributed by atoms with E-state index < -0.39 is 5.60 Å². The van der Waals surface area contributed by atoms with E-state index in [1.54, 1.807) is 0 Å². The second kappa shape index (κ2) is 7.04. The Bertz CT molecular complexity index is 753. The molecule has 30 heavy (non-hydrogen) atoms. The maximum absolute atomic E-state index is 14.3. The Morgan fingerprint density at radius 1 is 1.20 bits per heavy atom. The molecule has 4 nitrogen and oxygen atoms in total. The maximum Gasteiger partial charge on any atom is 0.305 e. The number of alkyl halides is 1. The average Bonchev–Trinajstić information content (AvgIpc) is 3.08. The highest BCUT2D eigenvalue weighted by Gasteiger charge is 2.77. The summed E-state index contributed by atoms with van der Waals surface area (Å²) in [7, 11) is 1.46. The Hall–Kier alpha value is -0.420. The summed E-state index contributed by atoms with van der Waals surface area (Å²) < 4.78 is 11.7. The molecule has 2 aliphatic heterocycles. The zero-order valence-corrected chi connectivity index (χ0v) is 20.5. The fraction of sp³-hybridized carbons (Fsp3) is 0.920. The van der Waals surface area contributed by atoms with Gasteiger partial charge in [0.25, 0.3) is 0 Å². The zero-order valence-electron chi connectivity index (χ0n) is 18.9. The molecule has 10 atom stereocenters. The maximum atomic E-state index is 14.3. The van der Waals surface area contributed by atoms with Crippen LogP contribution >= 0.6 is 15.9 Å². The van der Waals surface area contributed by atoms with Crippen LogP contribution in [-0.4, -0.2) is 35.4 Å².